The molecule has 1 unspecified atom stereocenters. The molecule has 3 N–H and O–H groups in total. The van der Waals surface area contributed by atoms with Gasteiger partial charge in [-0.2, -0.15) is 0 Å². The largest absolute Gasteiger partial charge is 0.388 e. The molecule has 1 atom stereocenters. The van der Waals surface area contributed by atoms with Crippen molar-refractivity contribution in [1.29, 1.82) is 5.41 Å². The Balaban J connectivity index is 3.96. The van der Waals surface area contributed by atoms with Crippen LogP contribution in [0.1, 0.15) is 13.3 Å². The summed E-state index contributed by atoms with van der Waals surface area (Å²) in [6, 6.07) is 0.106. The van der Waals surface area contributed by atoms with Crippen LogP contribution in [0, 0.1) is 5.41 Å². The average molecular weight is 221 g/mol. The molecule has 0 amide bonds. The summed E-state index contributed by atoms with van der Waals surface area (Å²) >= 11 is 0. The maximum Gasteiger partial charge on any atom is 0.148 e. The first-order valence-electron chi connectivity index (χ1n) is 4.43. The lowest BCUT2D eigenvalue weighted by Crippen LogP contribution is -2.35. The molecule has 0 bridgehead atoms. The van der Waals surface area contributed by atoms with Crippen LogP contribution < -0.4 is 5.73 Å². The number of nitrogens with two attached hydrogens (primary N) is 1. The van der Waals surface area contributed by atoms with Gasteiger partial charge < -0.3 is 10.6 Å². The zero-order valence-corrected chi connectivity index (χ0v) is 9.76. The first-order chi connectivity index (χ1) is 6.22. The minimum absolute atomic E-state index is 0.106. The summed E-state index contributed by atoms with van der Waals surface area (Å²) in [4.78, 5) is 1.89. The number of sulfone groups is 1. The maximum absolute atomic E-state index is 10.9. The molecular weight excluding hydrogens is 202 g/mol. The van der Waals surface area contributed by atoms with E-state index in [1.54, 1.807) is 0 Å². The number of hydrogen-bond acceptors (Lipinski definition) is 4. The second kappa shape index (κ2) is 5.31. The van der Waals surface area contributed by atoms with E-state index in [1.165, 1.54) is 6.26 Å². The van der Waals surface area contributed by atoms with Gasteiger partial charge in [0.1, 0.15) is 9.84 Å². The molecule has 0 rings (SSSR count). The molecule has 0 radical (unpaired) electrons. The van der Waals surface area contributed by atoms with E-state index in [4.69, 9.17) is 11.1 Å². The lowest BCUT2D eigenvalue weighted by Gasteiger charge is -2.23. The molecule has 0 aliphatic rings. The third-order valence-electron chi connectivity index (χ3n) is 2.08. The van der Waals surface area contributed by atoms with Crippen LogP contribution in [0.4, 0.5) is 0 Å². The fraction of sp³-hybridized carbons (Fsp3) is 0.875. The molecule has 0 spiro atoms. The number of rotatable bonds is 6. The quantitative estimate of drug-likeness (QED) is 0.475. The lowest BCUT2D eigenvalue weighted by molar-refractivity contribution is 0.277. The van der Waals surface area contributed by atoms with Gasteiger partial charge in [-0.1, -0.05) is 0 Å². The summed E-state index contributed by atoms with van der Waals surface area (Å²) in [6.07, 6.45) is 1.69. The third kappa shape index (κ3) is 6.85. The summed E-state index contributed by atoms with van der Waals surface area (Å²) in [5.74, 6) is 0.273. The van der Waals surface area contributed by atoms with Crippen molar-refractivity contribution < 1.29 is 8.42 Å². The number of hydrogen-bond donors (Lipinski definition) is 2. The smallest absolute Gasteiger partial charge is 0.148 e. The first kappa shape index (κ1) is 13.4. The van der Waals surface area contributed by atoms with Gasteiger partial charge in [-0.05, 0) is 14.0 Å². The molecule has 6 heteroatoms. The lowest BCUT2D eigenvalue weighted by atomic mass is 10.2. The SMILES string of the molecule is CC(CC(=N)N)N(C)CCS(C)(=O)=O. The molecule has 5 nitrogen and oxygen atoms in total. The first-order valence-corrected chi connectivity index (χ1v) is 6.49. The highest BCUT2D eigenvalue weighted by Gasteiger charge is 2.12. The third-order valence-corrected chi connectivity index (χ3v) is 3.01. The molecule has 0 saturated heterocycles. The Morgan fingerprint density at radius 2 is 2.07 bits per heavy atom. The van der Waals surface area contributed by atoms with Gasteiger partial charge in [-0.25, -0.2) is 8.42 Å². The Bertz CT molecular complexity index is 287. The van der Waals surface area contributed by atoms with Gasteiger partial charge in [0, 0.05) is 25.3 Å². The second-order valence-corrected chi connectivity index (χ2v) is 5.95. The van der Waals surface area contributed by atoms with Crippen LogP contribution in [0.2, 0.25) is 0 Å². The minimum atomic E-state index is -2.91. The maximum atomic E-state index is 10.9. The highest BCUT2D eigenvalue weighted by Crippen LogP contribution is 2.00. The van der Waals surface area contributed by atoms with E-state index in [1.807, 2.05) is 18.9 Å². The summed E-state index contributed by atoms with van der Waals surface area (Å²) < 4.78 is 21.8. The molecule has 0 saturated carbocycles. The Hall–Kier alpha value is -0.620. The van der Waals surface area contributed by atoms with Gasteiger partial charge in [0.25, 0.3) is 0 Å². The highest BCUT2D eigenvalue weighted by molar-refractivity contribution is 7.90. The predicted octanol–water partition coefficient (Wildman–Crippen LogP) is -0.323. The number of nitrogens with one attached hydrogen (secondary N) is 1. The van der Waals surface area contributed by atoms with Crippen molar-refractivity contribution in [3.05, 3.63) is 0 Å². The average Bonchev–Trinajstić information content (AvgIpc) is 1.97. The van der Waals surface area contributed by atoms with Crippen molar-refractivity contribution in [3.63, 3.8) is 0 Å². The van der Waals surface area contributed by atoms with Gasteiger partial charge in [0.2, 0.25) is 0 Å². The van der Waals surface area contributed by atoms with Crippen LogP contribution >= 0.6 is 0 Å². The van der Waals surface area contributed by atoms with Gasteiger partial charge in [0.15, 0.2) is 0 Å². The fourth-order valence-electron chi connectivity index (χ4n) is 1.00. The van der Waals surface area contributed by atoms with Crippen molar-refractivity contribution in [3.8, 4) is 0 Å². The Morgan fingerprint density at radius 1 is 1.57 bits per heavy atom. The molecule has 14 heavy (non-hydrogen) atoms. The zero-order chi connectivity index (χ0) is 11.4. The number of nitrogens with zero attached hydrogens (tertiary/aromatic N) is 1. The minimum Gasteiger partial charge on any atom is -0.388 e. The molecule has 0 aromatic carbocycles. The van der Waals surface area contributed by atoms with Crippen molar-refractivity contribution in [1.82, 2.24) is 4.90 Å². The van der Waals surface area contributed by atoms with E-state index in [0.29, 0.717) is 13.0 Å². The zero-order valence-electron chi connectivity index (χ0n) is 8.95. The van der Waals surface area contributed by atoms with Crippen molar-refractivity contribution in [2.45, 2.75) is 19.4 Å². The molecule has 0 aliphatic heterocycles. The van der Waals surface area contributed by atoms with Crippen LogP contribution in [-0.2, 0) is 9.84 Å². The van der Waals surface area contributed by atoms with Crippen LogP contribution in [0.15, 0.2) is 0 Å². The fourth-order valence-corrected chi connectivity index (χ4v) is 1.62. The van der Waals surface area contributed by atoms with Gasteiger partial charge in [-0.3, -0.25) is 5.41 Å². The van der Waals surface area contributed by atoms with E-state index in [9.17, 15) is 8.42 Å². The van der Waals surface area contributed by atoms with Gasteiger partial charge >= 0.3 is 0 Å². The van der Waals surface area contributed by atoms with Crippen LogP contribution in [0.5, 0.6) is 0 Å². The van der Waals surface area contributed by atoms with E-state index in [-0.39, 0.29) is 17.6 Å². The van der Waals surface area contributed by atoms with E-state index in [2.05, 4.69) is 0 Å². The van der Waals surface area contributed by atoms with E-state index in [0.717, 1.165) is 0 Å². The van der Waals surface area contributed by atoms with Crippen LogP contribution in [0.3, 0.4) is 0 Å². The van der Waals surface area contributed by atoms with Gasteiger partial charge in [0.05, 0.1) is 11.6 Å². The molecule has 0 aliphatic carbocycles. The van der Waals surface area contributed by atoms with E-state index < -0.39 is 9.84 Å². The Morgan fingerprint density at radius 3 is 2.43 bits per heavy atom. The topological polar surface area (TPSA) is 87.2 Å². The Labute approximate surface area is 85.7 Å². The summed E-state index contributed by atoms with van der Waals surface area (Å²) in [7, 11) is -1.08. The van der Waals surface area contributed by atoms with Crippen molar-refractivity contribution in [2.24, 2.45) is 5.73 Å². The number of amidine groups is 1. The normalized spacial score (nSPS) is 14.3. The van der Waals surface area contributed by atoms with Gasteiger partial charge in [-0.15, -0.1) is 0 Å². The molecule has 0 aromatic rings. The predicted molar refractivity (Wildman–Crippen MR) is 58.3 cm³/mol. The molecular formula is C8H19N3O2S. The Kier molecular flexibility index (Phi) is 5.07. The molecule has 84 valence electrons. The van der Waals surface area contributed by atoms with Crippen molar-refractivity contribution in [2.75, 3.05) is 25.6 Å². The summed E-state index contributed by atoms with van der Waals surface area (Å²) in [5.41, 5.74) is 5.25. The molecule has 0 aromatic heterocycles. The second-order valence-electron chi connectivity index (χ2n) is 3.69. The standard InChI is InChI=1S/C8H19N3O2S/c1-7(6-8(9)10)11(2)4-5-14(3,12)13/h7H,4-6H2,1-3H3,(H3,9,10). The van der Waals surface area contributed by atoms with Crippen molar-refractivity contribution >= 4 is 15.7 Å². The molecule has 0 fully saturated rings. The summed E-state index contributed by atoms with van der Waals surface area (Å²) in [5, 5.41) is 7.11. The van der Waals surface area contributed by atoms with Crippen LogP contribution in [-0.4, -0.2) is 50.8 Å². The summed E-state index contributed by atoms with van der Waals surface area (Å²) in [6.45, 7) is 2.40. The molecule has 0 heterocycles. The highest BCUT2D eigenvalue weighted by atomic mass is 32.2. The monoisotopic (exact) mass is 221 g/mol. The van der Waals surface area contributed by atoms with E-state index >= 15 is 0 Å². The van der Waals surface area contributed by atoms with Crippen LogP contribution in [0.25, 0.3) is 0 Å².